The molecule has 0 saturated heterocycles. The van der Waals surface area contributed by atoms with Gasteiger partial charge >= 0.3 is 23.9 Å². The zero-order valence-electron chi connectivity index (χ0n) is 52.1. The second-order valence-corrected chi connectivity index (χ2v) is 33.3. The monoisotopic (exact) mass is 1190 g/mol. The van der Waals surface area contributed by atoms with Crippen molar-refractivity contribution in [3.8, 4) is 23.0 Å². The lowest BCUT2D eigenvalue weighted by Crippen LogP contribution is -2.57. The molecule has 4 N–H and O–H groups in total. The zero-order valence-corrected chi connectivity index (χ0v) is 52.1. The molecule has 0 amide bonds. The Kier molecular flexibility index (Phi) is 12.0. The molecule has 12 nitrogen and oxygen atoms in total. The Bertz CT molecular complexity index is 3090. The van der Waals surface area contributed by atoms with Crippen molar-refractivity contribution in [3.63, 3.8) is 0 Å². The fourth-order valence-corrected chi connectivity index (χ4v) is 26.4. The van der Waals surface area contributed by atoms with Gasteiger partial charge in [0.15, 0.2) is 0 Å². The van der Waals surface area contributed by atoms with Gasteiger partial charge in [-0.1, -0.05) is 48.5 Å². The molecule has 4 aromatic rings. The van der Waals surface area contributed by atoms with E-state index in [0.29, 0.717) is 118 Å². The van der Waals surface area contributed by atoms with Crippen LogP contribution in [0.5, 0.6) is 23.0 Å². The number of phenolic OH excluding ortho intramolecular Hbond substituents is 4. The van der Waals surface area contributed by atoms with Gasteiger partial charge in [0.1, 0.15) is 23.0 Å². The number of methoxy groups -OCH3 is 4. The van der Waals surface area contributed by atoms with Gasteiger partial charge in [-0.25, -0.2) is 0 Å². The van der Waals surface area contributed by atoms with E-state index in [1.165, 1.54) is 28.4 Å². The lowest BCUT2D eigenvalue weighted by molar-refractivity contribution is -0.171. The van der Waals surface area contributed by atoms with Gasteiger partial charge in [0.05, 0.1) is 50.1 Å². The maximum atomic E-state index is 14.1. The normalized spacial score (nSPS) is 40.4. The molecule has 464 valence electrons. The van der Waals surface area contributed by atoms with Crippen LogP contribution in [0.2, 0.25) is 0 Å². The lowest BCUT2D eigenvalue weighted by Gasteiger charge is -2.61. The number of fused-ring (bicyclic) bond motifs is 8. The Balaban J connectivity index is 0.886. The molecule has 4 aromatic carbocycles. The third kappa shape index (κ3) is 7.98. The van der Waals surface area contributed by atoms with Crippen molar-refractivity contribution in [1.82, 2.24) is 0 Å². The molecule has 0 radical (unpaired) electrons. The molecule has 12 heteroatoms. The minimum absolute atomic E-state index is 0.118. The highest BCUT2D eigenvalue weighted by atomic mass is 16.5. The predicted octanol–water partition coefficient (Wildman–Crippen LogP) is 13.2. The topological polar surface area (TPSA) is 186 Å². The summed E-state index contributed by atoms with van der Waals surface area (Å²) in [5.74, 6) is 2.79. The highest BCUT2D eigenvalue weighted by Gasteiger charge is 2.66. The number of phenols is 4. The standard InChI is InChI=1S/C76H88O12/c1-85-65(81)73-29-41-5-42(30-73)22-69(21-41,37-73)57-13-49-9-51-15-58(70-23-43-6-44(24-70)32-74(31-43,38-70)66(82)86-2)17-53(62(51)78)11-55-19-60(72-27-47-8-48(28-72)36-76(35-47,40-72)68(84)88-4)20-56(64(55)80)12-54-18-59(16-52(63(54)79)10-50(14-57)61(49)77)71-25-45-7-46(26-71)34-75(33-45,39-71)67(83)87-3/h13-20,41-48,77-80H,5-12,21-40H2,1-4H3. The van der Waals surface area contributed by atoms with Crippen LogP contribution in [0.25, 0.3) is 0 Å². The van der Waals surface area contributed by atoms with E-state index in [-0.39, 0.29) is 94.2 Å². The van der Waals surface area contributed by atoms with Crippen molar-refractivity contribution in [2.24, 2.45) is 69.0 Å². The maximum Gasteiger partial charge on any atom is 0.311 e. The summed E-state index contributed by atoms with van der Waals surface area (Å²) in [5, 5.41) is 53.1. The van der Waals surface area contributed by atoms with Crippen LogP contribution in [0.3, 0.4) is 0 Å². The van der Waals surface area contributed by atoms with Crippen LogP contribution in [-0.2, 0) is 85.5 Å². The highest BCUT2D eigenvalue weighted by molar-refractivity contribution is 5.80. The average Bonchev–Trinajstić information content (AvgIpc) is 0.753. The summed E-state index contributed by atoms with van der Waals surface area (Å²) in [6.07, 6.45) is 21.7. The minimum atomic E-state index is -0.591. The van der Waals surface area contributed by atoms with E-state index in [2.05, 4.69) is 48.5 Å². The molecule has 21 rings (SSSR count). The minimum Gasteiger partial charge on any atom is -0.507 e. The van der Waals surface area contributed by atoms with Gasteiger partial charge in [0.2, 0.25) is 0 Å². The average molecular weight is 1190 g/mol. The van der Waals surface area contributed by atoms with Gasteiger partial charge in [-0.2, -0.15) is 0 Å². The van der Waals surface area contributed by atoms with Crippen LogP contribution >= 0.6 is 0 Å². The molecule has 0 spiro atoms. The number of hydrogen-bond acceptors (Lipinski definition) is 12. The predicted molar refractivity (Wildman–Crippen MR) is 327 cm³/mol. The molecule has 88 heavy (non-hydrogen) atoms. The molecular formula is C76H88O12. The largest absolute Gasteiger partial charge is 0.507 e. The SMILES string of the molecule is COC(=O)C12CC3CC(C1)CC(c1cc4c(O)c(c1)Cc1cc(C56CC7CC(CC(C(=O)OC)(C7)C5)C6)cc(c1O)Cc1cc(C56CC7CC(CC(C(=O)OC)(C7)C5)C6)cc(c1O)Cc1cc(C56CC7CC(CC(C(=O)OC)(C7)C5)C6)cc(c1O)C4)(C3)C2. The summed E-state index contributed by atoms with van der Waals surface area (Å²) in [4.78, 5) is 56.4. The number of hydrogen-bond donors (Lipinski definition) is 4. The first-order chi connectivity index (χ1) is 42.1. The number of esters is 4. The summed E-state index contributed by atoms with van der Waals surface area (Å²) in [6.45, 7) is 0. The number of benzene rings is 4. The Morgan fingerprint density at radius 2 is 0.455 bits per heavy atom. The second kappa shape index (κ2) is 18.8. The summed E-state index contributed by atoms with van der Waals surface area (Å²) in [5.41, 5.74) is 5.85. The van der Waals surface area contributed by atoms with Gasteiger partial charge < -0.3 is 39.4 Å². The van der Waals surface area contributed by atoms with Crippen molar-refractivity contribution in [2.45, 2.75) is 201 Å². The Morgan fingerprint density at radius 3 is 0.602 bits per heavy atom. The first kappa shape index (κ1) is 56.0. The second-order valence-electron chi connectivity index (χ2n) is 33.3. The van der Waals surface area contributed by atoms with Crippen molar-refractivity contribution in [1.29, 1.82) is 0 Å². The number of ether oxygens (including phenoxy) is 4. The lowest BCUT2D eigenvalue weighted by atomic mass is 9.42. The van der Waals surface area contributed by atoms with E-state index >= 15 is 0 Å². The number of aromatic hydroxyl groups is 4. The fourth-order valence-electron chi connectivity index (χ4n) is 26.4. The summed E-state index contributed by atoms with van der Waals surface area (Å²) in [7, 11) is 6.08. The molecule has 17 aliphatic carbocycles. The Hall–Kier alpha value is -6.04. The van der Waals surface area contributed by atoms with Crippen molar-refractivity contribution in [2.75, 3.05) is 28.4 Å². The third-order valence-electron chi connectivity index (χ3n) is 27.8. The maximum absolute atomic E-state index is 14.1. The van der Waals surface area contributed by atoms with Crippen LogP contribution in [0.1, 0.15) is 221 Å². The summed E-state index contributed by atoms with van der Waals surface area (Å²) >= 11 is 0. The van der Waals surface area contributed by atoms with Gasteiger partial charge in [-0.15, -0.1) is 0 Å². The third-order valence-corrected chi connectivity index (χ3v) is 27.8. The van der Waals surface area contributed by atoms with Crippen LogP contribution in [0.15, 0.2) is 48.5 Å². The highest BCUT2D eigenvalue weighted by Crippen LogP contribution is 2.71. The molecular weight excluding hydrogens is 1100 g/mol. The van der Waals surface area contributed by atoms with Crippen molar-refractivity contribution >= 4 is 23.9 Å². The van der Waals surface area contributed by atoms with Crippen LogP contribution < -0.4 is 0 Å². The van der Waals surface area contributed by atoms with E-state index in [1.807, 2.05) is 0 Å². The van der Waals surface area contributed by atoms with E-state index in [0.717, 1.165) is 151 Å². The zero-order chi connectivity index (χ0) is 60.5. The molecule has 17 aliphatic rings. The number of carbonyl (C=O) groups is 4. The van der Waals surface area contributed by atoms with Crippen LogP contribution in [0, 0.1) is 69.0 Å². The van der Waals surface area contributed by atoms with Gasteiger partial charge in [-0.3, -0.25) is 19.2 Å². The van der Waals surface area contributed by atoms with E-state index in [1.54, 1.807) is 0 Å². The number of rotatable bonds is 8. The van der Waals surface area contributed by atoms with Gasteiger partial charge in [0, 0.05) is 25.7 Å². The van der Waals surface area contributed by atoms with E-state index in [4.69, 9.17) is 18.9 Å². The summed E-state index contributed by atoms with van der Waals surface area (Å²) in [6, 6.07) is 17.4. The molecule has 0 aliphatic heterocycles. The summed E-state index contributed by atoms with van der Waals surface area (Å²) < 4.78 is 22.6. The quantitative estimate of drug-likeness (QED) is 0.0852. The van der Waals surface area contributed by atoms with E-state index < -0.39 is 21.7 Å². The number of carbonyl (C=O) groups excluding carboxylic acids is 4. The van der Waals surface area contributed by atoms with Gasteiger partial charge in [0.25, 0.3) is 0 Å². The Morgan fingerprint density at radius 1 is 0.295 bits per heavy atom. The first-order valence-corrected chi connectivity index (χ1v) is 33.9. The molecule has 8 unspecified atom stereocenters. The molecule has 16 saturated carbocycles. The van der Waals surface area contributed by atoms with E-state index in [9.17, 15) is 39.6 Å². The van der Waals surface area contributed by atoms with Gasteiger partial charge in [-0.05, 0) is 290 Å². The molecule has 16 fully saturated rings. The molecule has 8 atom stereocenters. The van der Waals surface area contributed by atoms with Crippen LogP contribution in [-0.4, -0.2) is 72.7 Å². The Labute approximate surface area is 517 Å². The smallest absolute Gasteiger partial charge is 0.311 e. The molecule has 24 bridgehead atoms. The van der Waals surface area contributed by atoms with Crippen molar-refractivity contribution in [3.05, 3.63) is 115 Å². The van der Waals surface area contributed by atoms with Crippen LogP contribution in [0.4, 0.5) is 0 Å². The first-order valence-electron chi connectivity index (χ1n) is 33.9. The fraction of sp³-hybridized carbons (Fsp3) is 0.632. The van der Waals surface area contributed by atoms with Crippen molar-refractivity contribution < 1.29 is 58.6 Å². The molecule has 0 heterocycles. The molecule has 0 aromatic heterocycles.